The molecular formula is C22H37NO2S. The SMILES string of the molecule is CC.CC.CC(C)CN(C)C.O=S(=O)(c1ccccc1)c1ccccc1. The lowest BCUT2D eigenvalue weighted by Crippen LogP contribution is -2.17. The largest absolute Gasteiger partial charge is 0.309 e. The van der Waals surface area contributed by atoms with Crippen LogP contribution in [0.5, 0.6) is 0 Å². The summed E-state index contributed by atoms with van der Waals surface area (Å²) in [7, 11) is 0.855. The lowest BCUT2D eigenvalue weighted by atomic mass is 10.2. The summed E-state index contributed by atoms with van der Waals surface area (Å²) < 4.78 is 24.1. The van der Waals surface area contributed by atoms with Crippen LogP contribution in [-0.4, -0.2) is 34.0 Å². The van der Waals surface area contributed by atoms with Gasteiger partial charge in [0.15, 0.2) is 0 Å². The van der Waals surface area contributed by atoms with E-state index in [9.17, 15) is 8.42 Å². The van der Waals surface area contributed by atoms with Gasteiger partial charge in [-0.3, -0.25) is 0 Å². The molecule has 0 aliphatic rings. The topological polar surface area (TPSA) is 37.4 Å². The number of nitrogens with zero attached hydrogens (tertiary/aromatic N) is 1. The predicted molar refractivity (Wildman–Crippen MR) is 114 cm³/mol. The monoisotopic (exact) mass is 379 g/mol. The van der Waals surface area contributed by atoms with Crippen LogP contribution in [0.25, 0.3) is 0 Å². The lowest BCUT2D eigenvalue weighted by Gasteiger charge is -2.10. The fourth-order valence-corrected chi connectivity index (χ4v) is 3.37. The van der Waals surface area contributed by atoms with Crippen molar-refractivity contribution >= 4 is 9.84 Å². The van der Waals surface area contributed by atoms with E-state index in [1.54, 1.807) is 60.7 Å². The number of hydrogen-bond donors (Lipinski definition) is 0. The number of rotatable bonds is 4. The molecule has 0 atom stereocenters. The molecule has 2 aromatic carbocycles. The summed E-state index contributed by atoms with van der Waals surface area (Å²) in [6.45, 7) is 13.6. The molecule has 0 aliphatic heterocycles. The van der Waals surface area contributed by atoms with E-state index in [2.05, 4.69) is 32.8 Å². The highest BCUT2D eigenvalue weighted by molar-refractivity contribution is 7.91. The van der Waals surface area contributed by atoms with Crippen LogP contribution in [0.2, 0.25) is 0 Å². The zero-order chi connectivity index (χ0) is 20.6. The molecule has 0 fully saturated rings. The van der Waals surface area contributed by atoms with Gasteiger partial charge in [-0.15, -0.1) is 0 Å². The molecule has 0 unspecified atom stereocenters. The Morgan fingerprint density at radius 1 is 0.731 bits per heavy atom. The van der Waals surface area contributed by atoms with Gasteiger partial charge in [-0.1, -0.05) is 77.9 Å². The van der Waals surface area contributed by atoms with Crippen LogP contribution < -0.4 is 0 Å². The number of hydrogen-bond acceptors (Lipinski definition) is 3. The van der Waals surface area contributed by atoms with Crippen LogP contribution in [0.4, 0.5) is 0 Å². The van der Waals surface area contributed by atoms with Crippen molar-refractivity contribution in [2.45, 2.75) is 51.3 Å². The molecular weight excluding hydrogens is 342 g/mol. The van der Waals surface area contributed by atoms with Crippen molar-refractivity contribution < 1.29 is 8.42 Å². The first-order valence-electron chi connectivity index (χ1n) is 9.34. The first-order valence-corrected chi connectivity index (χ1v) is 10.8. The van der Waals surface area contributed by atoms with Gasteiger partial charge in [-0.2, -0.15) is 0 Å². The Kier molecular flexibility index (Phi) is 15.9. The van der Waals surface area contributed by atoms with Crippen molar-refractivity contribution in [3.05, 3.63) is 60.7 Å². The minimum Gasteiger partial charge on any atom is -0.309 e. The summed E-state index contributed by atoms with van der Waals surface area (Å²) in [5.74, 6) is 0.801. The van der Waals surface area contributed by atoms with E-state index in [0.717, 1.165) is 5.92 Å². The second-order valence-electron chi connectivity index (χ2n) is 5.79. The van der Waals surface area contributed by atoms with E-state index < -0.39 is 9.84 Å². The minimum absolute atomic E-state index is 0.330. The van der Waals surface area contributed by atoms with Crippen LogP contribution in [0.3, 0.4) is 0 Å². The standard InChI is InChI=1S/C12H10O2S.C6H15N.2C2H6/c13-15(14,11-7-3-1-4-8-11)12-9-5-2-6-10-12;1-6(2)5-7(3)4;2*1-2/h1-10H;6H,5H2,1-4H3;2*1-2H3. The van der Waals surface area contributed by atoms with Crippen molar-refractivity contribution in [3.8, 4) is 0 Å². The van der Waals surface area contributed by atoms with Gasteiger partial charge in [0.25, 0.3) is 0 Å². The second kappa shape index (κ2) is 15.6. The zero-order valence-electron chi connectivity index (χ0n) is 17.7. The average Bonchev–Trinajstić information content (AvgIpc) is 2.66. The Hall–Kier alpha value is -1.65. The maximum Gasteiger partial charge on any atom is 0.206 e. The molecule has 3 nitrogen and oxygen atoms in total. The summed E-state index contributed by atoms with van der Waals surface area (Å²) in [6, 6.07) is 16.9. The third kappa shape index (κ3) is 11.1. The van der Waals surface area contributed by atoms with Gasteiger partial charge in [-0.25, -0.2) is 8.42 Å². The van der Waals surface area contributed by atoms with Crippen LogP contribution in [0.15, 0.2) is 70.5 Å². The fraction of sp³-hybridized carbons (Fsp3) is 0.455. The third-order valence-corrected chi connectivity index (χ3v) is 4.62. The van der Waals surface area contributed by atoms with Crippen molar-refractivity contribution in [1.29, 1.82) is 0 Å². The molecule has 0 heterocycles. The molecule has 0 saturated carbocycles. The summed E-state index contributed by atoms with van der Waals surface area (Å²) in [6.07, 6.45) is 0. The normalized spacial score (nSPS) is 9.92. The Labute approximate surface area is 162 Å². The predicted octanol–water partition coefficient (Wildman–Crippen LogP) is 5.78. The minimum atomic E-state index is -3.34. The molecule has 0 spiro atoms. The molecule has 4 heteroatoms. The molecule has 0 N–H and O–H groups in total. The molecule has 0 aliphatic carbocycles. The van der Waals surface area contributed by atoms with Crippen molar-refractivity contribution in [2.24, 2.45) is 5.92 Å². The molecule has 0 saturated heterocycles. The highest BCUT2D eigenvalue weighted by Crippen LogP contribution is 2.19. The average molecular weight is 380 g/mol. The Bertz CT molecular complexity index is 585. The van der Waals surface area contributed by atoms with E-state index in [1.807, 2.05) is 27.7 Å². The van der Waals surface area contributed by atoms with Crippen LogP contribution in [0, 0.1) is 5.92 Å². The maximum atomic E-state index is 12.0. The lowest BCUT2D eigenvalue weighted by molar-refractivity contribution is 0.354. The van der Waals surface area contributed by atoms with Crippen molar-refractivity contribution in [3.63, 3.8) is 0 Å². The maximum absolute atomic E-state index is 12.0. The first kappa shape index (κ1) is 26.6. The molecule has 0 radical (unpaired) electrons. The molecule has 0 aromatic heterocycles. The Balaban J connectivity index is 0. The van der Waals surface area contributed by atoms with Crippen molar-refractivity contribution in [2.75, 3.05) is 20.6 Å². The Morgan fingerprint density at radius 3 is 1.23 bits per heavy atom. The highest BCUT2D eigenvalue weighted by atomic mass is 32.2. The fourth-order valence-electron chi connectivity index (χ4n) is 2.07. The van der Waals surface area contributed by atoms with Gasteiger partial charge < -0.3 is 4.90 Å². The summed E-state index contributed by atoms with van der Waals surface area (Å²) in [5.41, 5.74) is 0. The van der Waals surface area contributed by atoms with E-state index in [1.165, 1.54) is 6.54 Å². The number of sulfone groups is 1. The molecule has 148 valence electrons. The highest BCUT2D eigenvalue weighted by Gasteiger charge is 2.15. The molecule has 0 amide bonds. The van der Waals surface area contributed by atoms with Crippen molar-refractivity contribution in [1.82, 2.24) is 4.90 Å². The molecule has 2 aromatic rings. The van der Waals surface area contributed by atoms with Gasteiger partial charge in [0.2, 0.25) is 9.84 Å². The molecule has 2 rings (SSSR count). The summed E-state index contributed by atoms with van der Waals surface area (Å²) >= 11 is 0. The van der Waals surface area contributed by atoms with Crippen LogP contribution in [-0.2, 0) is 9.84 Å². The summed E-state index contributed by atoms with van der Waals surface area (Å²) in [4.78, 5) is 2.86. The van der Waals surface area contributed by atoms with E-state index in [0.29, 0.717) is 9.79 Å². The number of benzene rings is 2. The Morgan fingerprint density at radius 2 is 1.04 bits per heavy atom. The molecule has 0 bridgehead atoms. The zero-order valence-corrected chi connectivity index (χ0v) is 18.5. The molecule has 26 heavy (non-hydrogen) atoms. The smallest absolute Gasteiger partial charge is 0.206 e. The van der Waals surface area contributed by atoms with Gasteiger partial charge in [0.1, 0.15) is 0 Å². The second-order valence-corrected chi connectivity index (χ2v) is 7.74. The van der Waals surface area contributed by atoms with E-state index in [4.69, 9.17) is 0 Å². The van der Waals surface area contributed by atoms with Gasteiger partial charge in [0.05, 0.1) is 9.79 Å². The van der Waals surface area contributed by atoms with Crippen LogP contribution in [0.1, 0.15) is 41.5 Å². The van der Waals surface area contributed by atoms with Crippen LogP contribution >= 0.6 is 0 Å². The van der Waals surface area contributed by atoms with E-state index >= 15 is 0 Å². The van der Waals surface area contributed by atoms with Gasteiger partial charge in [0, 0.05) is 0 Å². The third-order valence-electron chi connectivity index (χ3n) is 2.84. The van der Waals surface area contributed by atoms with E-state index in [-0.39, 0.29) is 0 Å². The quantitative estimate of drug-likeness (QED) is 0.676. The van der Waals surface area contributed by atoms with Gasteiger partial charge in [-0.05, 0) is 50.8 Å². The first-order chi connectivity index (χ1) is 12.3. The summed E-state index contributed by atoms with van der Waals surface area (Å²) in [5, 5.41) is 0. The van der Waals surface area contributed by atoms with Gasteiger partial charge >= 0.3 is 0 Å².